The standard InChI is InChI=1S/C16H18N2O4/c1-17-12-5-3-2-4-11(12)15(16(20)21)13(17)10-14(19)18-6-8-22-9-7-18/h2-5H,6-10H2,1H3,(H,20,21). The summed E-state index contributed by atoms with van der Waals surface area (Å²) in [4.78, 5) is 25.8. The molecule has 0 bridgehead atoms. The van der Waals surface area contributed by atoms with Gasteiger partial charge in [0.25, 0.3) is 0 Å². The van der Waals surface area contributed by atoms with E-state index in [1.54, 1.807) is 22.6 Å². The number of carboxylic acid groups (broad SMARTS) is 1. The number of aryl methyl sites for hydroxylation is 1. The number of hydrogen-bond acceptors (Lipinski definition) is 3. The molecule has 6 heteroatoms. The first-order valence-electron chi connectivity index (χ1n) is 7.24. The average Bonchev–Trinajstić information content (AvgIpc) is 2.81. The Morgan fingerprint density at radius 2 is 1.91 bits per heavy atom. The lowest BCUT2D eigenvalue weighted by molar-refractivity contribution is -0.134. The summed E-state index contributed by atoms with van der Waals surface area (Å²) in [6, 6.07) is 7.32. The van der Waals surface area contributed by atoms with Crippen molar-refractivity contribution in [1.29, 1.82) is 0 Å². The highest BCUT2D eigenvalue weighted by molar-refractivity contribution is 6.06. The Hall–Kier alpha value is -2.34. The van der Waals surface area contributed by atoms with E-state index in [1.807, 2.05) is 18.2 Å². The van der Waals surface area contributed by atoms with Crippen molar-refractivity contribution < 1.29 is 19.4 Å². The Bertz CT molecular complexity index is 729. The molecule has 0 saturated carbocycles. The number of amides is 1. The fraction of sp³-hybridized carbons (Fsp3) is 0.375. The molecule has 1 N–H and O–H groups in total. The molecule has 0 atom stereocenters. The predicted octanol–water partition coefficient (Wildman–Crippen LogP) is 1.28. The minimum absolute atomic E-state index is 0.0586. The van der Waals surface area contributed by atoms with E-state index in [-0.39, 0.29) is 17.9 Å². The third-order valence-electron chi connectivity index (χ3n) is 4.12. The van der Waals surface area contributed by atoms with Crippen LogP contribution in [0.4, 0.5) is 0 Å². The number of fused-ring (bicyclic) bond motifs is 1. The highest BCUT2D eigenvalue weighted by Crippen LogP contribution is 2.26. The van der Waals surface area contributed by atoms with E-state index in [4.69, 9.17) is 4.74 Å². The maximum absolute atomic E-state index is 12.4. The first-order valence-corrected chi connectivity index (χ1v) is 7.24. The number of para-hydroxylation sites is 1. The summed E-state index contributed by atoms with van der Waals surface area (Å²) in [5.41, 5.74) is 1.59. The minimum atomic E-state index is -0.999. The zero-order valence-electron chi connectivity index (χ0n) is 12.4. The van der Waals surface area contributed by atoms with Gasteiger partial charge in [-0.25, -0.2) is 4.79 Å². The molecule has 0 spiro atoms. The number of carbonyl (C=O) groups excluding carboxylic acids is 1. The Morgan fingerprint density at radius 1 is 1.23 bits per heavy atom. The molecule has 1 amide bonds. The number of ether oxygens (including phenoxy) is 1. The molecule has 0 aliphatic carbocycles. The van der Waals surface area contributed by atoms with Crippen LogP contribution >= 0.6 is 0 Å². The predicted molar refractivity (Wildman–Crippen MR) is 81.0 cm³/mol. The maximum Gasteiger partial charge on any atom is 0.338 e. The van der Waals surface area contributed by atoms with Crippen LogP contribution in [0, 0.1) is 0 Å². The Balaban J connectivity index is 1.99. The number of aromatic carboxylic acids is 1. The summed E-state index contributed by atoms with van der Waals surface area (Å²) in [6.07, 6.45) is 0.0901. The maximum atomic E-state index is 12.4. The van der Waals surface area contributed by atoms with E-state index < -0.39 is 5.97 Å². The summed E-state index contributed by atoms with van der Waals surface area (Å²) < 4.78 is 7.04. The number of carboxylic acids is 1. The van der Waals surface area contributed by atoms with Crippen LogP contribution in [-0.4, -0.2) is 52.8 Å². The van der Waals surface area contributed by atoms with E-state index in [1.165, 1.54) is 0 Å². The van der Waals surface area contributed by atoms with Crippen LogP contribution in [0.3, 0.4) is 0 Å². The lowest BCUT2D eigenvalue weighted by Crippen LogP contribution is -2.41. The largest absolute Gasteiger partial charge is 0.478 e. The molecule has 6 nitrogen and oxygen atoms in total. The Labute approximate surface area is 127 Å². The van der Waals surface area contributed by atoms with Gasteiger partial charge in [-0.3, -0.25) is 4.79 Å². The van der Waals surface area contributed by atoms with Gasteiger partial charge in [0.15, 0.2) is 0 Å². The Morgan fingerprint density at radius 3 is 2.59 bits per heavy atom. The van der Waals surface area contributed by atoms with Crippen molar-refractivity contribution in [2.75, 3.05) is 26.3 Å². The van der Waals surface area contributed by atoms with E-state index >= 15 is 0 Å². The van der Waals surface area contributed by atoms with Crippen molar-refractivity contribution in [1.82, 2.24) is 9.47 Å². The van der Waals surface area contributed by atoms with Crippen LogP contribution in [0.15, 0.2) is 24.3 Å². The molecular weight excluding hydrogens is 284 g/mol. The number of benzene rings is 1. The second kappa shape index (κ2) is 5.81. The quantitative estimate of drug-likeness (QED) is 0.927. The molecular formula is C16H18N2O4. The van der Waals surface area contributed by atoms with Crippen molar-refractivity contribution in [3.05, 3.63) is 35.5 Å². The number of nitrogens with zero attached hydrogens (tertiary/aromatic N) is 2. The molecule has 2 heterocycles. The molecule has 1 aromatic carbocycles. The fourth-order valence-corrected chi connectivity index (χ4v) is 2.96. The van der Waals surface area contributed by atoms with E-state index in [0.717, 1.165) is 5.52 Å². The highest BCUT2D eigenvalue weighted by atomic mass is 16.5. The molecule has 116 valence electrons. The second-order valence-electron chi connectivity index (χ2n) is 5.37. The van der Waals surface area contributed by atoms with Crippen molar-refractivity contribution >= 4 is 22.8 Å². The van der Waals surface area contributed by atoms with Crippen LogP contribution in [0.1, 0.15) is 16.1 Å². The van der Waals surface area contributed by atoms with Crippen molar-refractivity contribution in [3.8, 4) is 0 Å². The summed E-state index contributed by atoms with van der Waals surface area (Å²) in [6.45, 7) is 2.19. The number of morpholine rings is 1. The number of hydrogen-bond donors (Lipinski definition) is 1. The van der Waals surface area contributed by atoms with Crippen molar-refractivity contribution in [2.24, 2.45) is 7.05 Å². The normalized spacial score (nSPS) is 15.2. The van der Waals surface area contributed by atoms with Crippen LogP contribution in [0.5, 0.6) is 0 Å². The Kier molecular flexibility index (Phi) is 3.85. The van der Waals surface area contributed by atoms with Crippen LogP contribution in [0.25, 0.3) is 10.9 Å². The molecule has 1 aliphatic rings. The van der Waals surface area contributed by atoms with Crippen molar-refractivity contribution in [2.45, 2.75) is 6.42 Å². The molecule has 1 saturated heterocycles. The number of carbonyl (C=O) groups is 2. The van der Waals surface area contributed by atoms with Gasteiger partial charge in [0, 0.05) is 36.7 Å². The molecule has 22 heavy (non-hydrogen) atoms. The summed E-state index contributed by atoms with van der Waals surface area (Å²) in [7, 11) is 1.80. The zero-order valence-corrected chi connectivity index (χ0v) is 12.4. The number of aromatic nitrogens is 1. The second-order valence-corrected chi connectivity index (χ2v) is 5.37. The first-order chi connectivity index (χ1) is 10.6. The smallest absolute Gasteiger partial charge is 0.338 e. The van der Waals surface area contributed by atoms with E-state index in [0.29, 0.717) is 37.4 Å². The van der Waals surface area contributed by atoms with Gasteiger partial charge in [-0.05, 0) is 6.07 Å². The third-order valence-corrected chi connectivity index (χ3v) is 4.12. The van der Waals surface area contributed by atoms with Gasteiger partial charge in [0.1, 0.15) is 0 Å². The summed E-state index contributed by atoms with van der Waals surface area (Å²) in [5.74, 6) is -1.06. The zero-order chi connectivity index (χ0) is 15.7. The van der Waals surface area contributed by atoms with Gasteiger partial charge < -0.3 is 19.3 Å². The van der Waals surface area contributed by atoms with Gasteiger partial charge in [-0.1, -0.05) is 18.2 Å². The van der Waals surface area contributed by atoms with Gasteiger partial charge in [0.05, 0.1) is 25.2 Å². The summed E-state index contributed by atoms with van der Waals surface area (Å²) >= 11 is 0. The number of rotatable bonds is 3. The molecule has 2 aromatic rings. The van der Waals surface area contributed by atoms with Gasteiger partial charge >= 0.3 is 5.97 Å². The molecule has 1 aromatic heterocycles. The van der Waals surface area contributed by atoms with Crippen LogP contribution < -0.4 is 0 Å². The molecule has 1 fully saturated rings. The molecule has 0 unspecified atom stereocenters. The highest BCUT2D eigenvalue weighted by Gasteiger charge is 2.25. The van der Waals surface area contributed by atoms with Gasteiger partial charge in [-0.15, -0.1) is 0 Å². The lowest BCUT2D eigenvalue weighted by atomic mass is 10.1. The third kappa shape index (κ3) is 2.46. The topological polar surface area (TPSA) is 71.8 Å². The fourth-order valence-electron chi connectivity index (χ4n) is 2.96. The lowest BCUT2D eigenvalue weighted by Gasteiger charge is -2.27. The van der Waals surface area contributed by atoms with E-state index in [9.17, 15) is 14.7 Å². The molecule has 3 rings (SSSR count). The van der Waals surface area contributed by atoms with Gasteiger partial charge in [0.2, 0.25) is 5.91 Å². The summed E-state index contributed by atoms with van der Waals surface area (Å²) in [5, 5.41) is 10.2. The first kappa shape index (κ1) is 14.6. The monoisotopic (exact) mass is 302 g/mol. The van der Waals surface area contributed by atoms with Crippen molar-refractivity contribution in [3.63, 3.8) is 0 Å². The SMILES string of the molecule is Cn1c(CC(=O)N2CCOCC2)c(C(=O)O)c2ccccc21. The van der Waals surface area contributed by atoms with Gasteiger partial charge in [-0.2, -0.15) is 0 Å². The minimum Gasteiger partial charge on any atom is -0.478 e. The van der Waals surface area contributed by atoms with Crippen LogP contribution in [-0.2, 0) is 23.0 Å². The molecule has 1 aliphatic heterocycles. The average molecular weight is 302 g/mol. The van der Waals surface area contributed by atoms with Crippen LogP contribution in [0.2, 0.25) is 0 Å². The van der Waals surface area contributed by atoms with E-state index in [2.05, 4.69) is 0 Å². The molecule has 0 radical (unpaired) electrons.